The van der Waals surface area contributed by atoms with Crippen molar-refractivity contribution in [3.8, 4) is 0 Å². The molecule has 0 aliphatic carbocycles. The van der Waals surface area contributed by atoms with Crippen molar-refractivity contribution >= 4 is 31.9 Å². The van der Waals surface area contributed by atoms with Gasteiger partial charge in [-0.1, -0.05) is 28.1 Å². The Morgan fingerprint density at radius 2 is 2.00 bits per heavy atom. The Morgan fingerprint density at radius 1 is 1.38 bits per heavy atom. The number of amides is 1. The Morgan fingerprint density at radius 3 is 2.43 bits per heavy atom. The van der Waals surface area contributed by atoms with Crippen molar-refractivity contribution < 1.29 is 22.0 Å². The van der Waals surface area contributed by atoms with Crippen molar-refractivity contribution in [1.82, 2.24) is 10.0 Å². The number of carbonyl (C=O) groups is 1. The van der Waals surface area contributed by atoms with E-state index >= 15 is 0 Å². The van der Waals surface area contributed by atoms with Gasteiger partial charge in [-0.2, -0.15) is 8.78 Å². The molecule has 1 amide bonds. The second-order valence-electron chi connectivity index (χ2n) is 4.34. The van der Waals surface area contributed by atoms with Crippen LogP contribution in [0.15, 0.2) is 22.7 Å². The van der Waals surface area contributed by atoms with E-state index in [1.165, 1.54) is 25.2 Å². The minimum Gasteiger partial charge on any atom is -0.358 e. The van der Waals surface area contributed by atoms with Gasteiger partial charge in [-0.25, -0.2) is 13.1 Å². The molecule has 0 saturated carbocycles. The van der Waals surface area contributed by atoms with E-state index in [1.54, 1.807) is 0 Å². The summed E-state index contributed by atoms with van der Waals surface area (Å²) in [5.74, 6) is -0.510. The lowest BCUT2D eigenvalue weighted by Crippen LogP contribution is -2.46. The maximum absolute atomic E-state index is 12.6. The number of benzene rings is 1. The van der Waals surface area contributed by atoms with Crippen molar-refractivity contribution in [2.24, 2.45) is 0 Å². The van der Waals surface area contributed by atoms with E-state index in [1.807, 2.05) is 0 Å². The molecule has 0 aliphatic heterocycles. The minimum absolute atomic E-state index is 0.0412. The zero-order chi connectivity index (χ0) is 16.2. The van der Waals surface area contributed by atoms with Gasteiger partial charge in [0.2, 0.25) is 15.9 Å². The first-order valence-electron chi connectivity index (χ1n) is 5.79. The van der Waals surface area contributed by atoms with Crippen LogP contribution >= 0.6 is 15.9 Å². The fraction of sp³-hybridized carbons (Fsp3) is 0.333. The number of sulfonamides is 1. The van der Waals surface area contributed by atoms with Crippen molar-refractivity contribution in [2.75, 3.05) is 13.3 Å². The minimum atomic E-state index is -3.58. The highest BCUT2D eigenvalue weighted by Crippen LogP contribution is 2.27. The third kappa shape index (κ3) is 5.68. The molecule has 1 aromatic carbocycles. The molecule has 0 aliphatic rings. The van der Waals surface area contributed by atoms with E-state index in [2.05, 4.69) is 26.0 Å². The predicted octanol–water partition coefficient (Wildman–Crippen LogP) is 1.43. The summed E-state index contributed by atoms with van der Waals surface area (Å²) < 4.78 is 50.0. The van der Waals surface area contributed by atoms with Crippen molar-refractivity contribution in [1.29, 1.82) is 0 Å². The van der Waals surface area contributed by atoms with E-state index in [-0.39, 0.29) is 16.5 Å². The summed E-state index contributed by atoms with van der Waals surface area (Å²) in [6.07, 6.45) is -0.847. The Labute approximate surface area is 130 Å². The Kier molecular flexibility index (Phi) is 6.24. The molecule has 9 heteroatoms. The first-order valence-corrected chi connectivity index (χ1v) is 8.48. The lowest BCUT2D eigenvalue weighted by atomic mass is 10.0. The number of hydrogen-bond donors (Lipinski definition) is 2. The van der Waals surface area contributed by atoms with Crippen LogP contribution in [0.2, 0.25) is 0 Å². The topological polar surface area (TPSA) is 75.3 Å². The van der Waals surface area contributed by atoms with E-state index in [0.717, 1.165) is 6.26 Å². The molecule has 0 saturated heterocycles. The van der Waals surface area contributed by atoms with E-state index in [4.69, 9.17) is 0 Å². The van der Waals surface area contributed by atoms with Gasteiger partial charge in [0, 0.05) is 17.1 Å². The van der Waals surface area contributed by atoms with Crippen molar-refractivity contribution in [3.05, 3.63) is 40.2 Å². The lowest BCUT2D eigenvalue weighted by molar-refractivity contribution is -0.122. The molecule has 0 bridgehead atoms. The van der Waals surface area contributed by atoms with Crippen LogP contribution in [0.25, 0.3) is 0 Å². The largest absolute Gasteiger partial charge is 0.358 e. The molecule has 1 aromatic rings. The summed E-state index contributed by atoms with van der Waals surface area (Å²) in [7, 11) is -2.20. The predicted molar refractivity (Wildman–Crippen MR) is 78.2 cm³/mol. The van der Waals surface area contributed by atoms with Crippen LogP contribution in [-0.4, -0.2) is 33.7 Å². The molecule has 0 heterocycles. The first kappa shape index (κ1) is 18.0. The third-order valence-corrected chi connectivity index (χ3v) is 3.96. The fourth-order valence-electron chi connectivity index (χ4n) is 1.70. The molecule has 21 heavy (non-hydrogen) atoms. The highest BCUT2D eigenvalue weighted by molar-refractivity contribution is 9.10. The molecule has 117 valence electrons. The van der Waals surface area contributed by atoms with Crippen molar-refractivity contribution in [2.45, 2.75) is 12.5 Å². The molecule has 1 radical (unpaired) electrons. The van der Waals surface area contributed by atoms with Crippen LogP contribution in [0.5, 0.6) is 0 Å². The van der Waals surface area contributed by atoms with Crippen LogP contribution < -0.4 is 10.0 Å². The van der Waals surface area contributed by atoms with E-state index < -0.39 is 28.4 Å². The monoisotopic (exact) mass is 383 g/mol. The number of halogens is 3. The molecule has 1 rings (SSSR count). The van der Waals surface area contributed by atoms with Crippen LogP contribution in [-0.2, 0) is 21.2 Å². The average molecular weight is 384 g/mol. The third-order valence-electron chi connectivity index (χ3n) is 2.60. The van der Waals surface area contributed by atoms with E-state index in [0.29, 0.717) is 5.56 Å². The molecule has 0 fully saturated rings. The van der Waals surface area contributed by atoms with Gasteiger partial charge in [0.25, 0.3) is 0 Å². The summed E-state index contributed by atoms with van der Waals surface area (Å²) in [4.78, 5) is 11.7. The summed E-state index contributed by atoms with van der Waals surface area (Å²) in [5, 5.41) is 2.35. The average Bonchev–Trinajstić information content (AvgIpc) is 2.35. The van der Waals surface area contributed by atoms with Gasteiger partial charge in [0.1, 0.15) is 6.04 Å². The number of nitrogens with one attached hydrogen (secondary N) is 2. The van der Waals surface area contributed by atoms with Gasteiger partial charge in [0.15, 0.2) is 0 Å². The van der Waals surface area contributed by atoms with Crippen LogP contribution in [0.1, 0.15) is 11.1 Å². The Balaban J connectivity index is 2.98. The summed E-state index contributed by atoms with van der Waals surface area (Å²) in [6, 6.07) is 3.03. The summed E-state index contributed by atoms with van der Waals surface area (Å²) >= 11 is 3.01. The second kappa shape index (κ2) is 7.28. The van der Waals surface area contributed by atoms with Crippen LogP contribution in [0.4, 0.5) is 8.78 Å². The van der Waals surface area contributed by atoms with Gasteiger partial charge < -0.3 is 5.32 Å². The maximum Gasteiger partial charge on any atom is 0.340 e. The first-order chi connectivity index (χ1) is 9.64. The number of hydrogen-bond acceptors (Lipinski definition) is 3. The summed E-state index contributed by atoms with van der Waals surface area (Å²) in [6.45, 7) is 0. The van der Waals surface area contributed by atoms with Crippen LogP contribution in [0.3, 0.4) is 0 Å². The van der Waals surface area contributed by atoms with Gasteiger partial charge in [-0.3, -0.25) is 4.79 Å². The van der Waals surface area contributed by atoms with Gasteiger partial charge in [-0.05, 0) is 18.1 Å². The zero-order valence-electron chi connectivity index (χ0n) is 11.3. The van der Waals surface area contributed by atoms with Crippen molar-refractivity contribution in [3.63, 3.8) is 0 Å². The Bertz CT molecular complexity index is 623. The maximum atomic E-state index is 12.6. The van der Waals surface area contributed by atoms with Gasteiger partial charge in [-0.15, -0.1) is 0 Å². The van der Waals surface area contributed by atoms with Gasteiger partial charge in [0.05, 0.1) is 6.26 Å². The molecule has 0 aromatic heterocycles. The van der Waals surface area contributed by atoms with Gasteiger partial charge >= 0.3 is 6.43 Å². The standard InChI is InChI=1S/C12H14BrF2N2O3S/c1-16-12(18)10(17-21(2,19)20)6-7-3-4-8(11(14)15)9(13)5-7/h3-5,10,17H,6H2,1-2H3,(H,16,18). The number of likely N-dealkylation sites (N-methyl/N-ethyl adjacent to an activating group) is 1. The molecule has 1 atom stereocenters. The molecular formula is C12H14BrF2N2O3S. The van der Waals surface area contributed by atoms with E-state index in [9.17, 15) is 22.0 Å². The normalized spacial score (nSPS) is 13.2. The Hall–Kier alpha value is -1.06. The smallest absolute Gasteiger partial charge is 0.340 e. The molecule has 2 N–H and O–H groups in total. The zero-order valence-corrected chi connectivity index (χ0v) is 13.7. The number of rotatable bonds is 6. The molecule has 0 spiro atoms. The SMILES string of the molecule is CNC(=O)C(Cc1ccc([C](F)F)c(Br)c1)NS(C)(=O)=O. The quantitative estimate of drug-likeness (QED) is 0.780. The molecular weight excluding hydrogens is 370 g/mol. The van der Waals surface area contributed by atoms with Crippen LogP contribution in [0, 0.1) is 6.43 Å². The highest BCUT2D eigenvalue weighted by atomic mass is 79.9. The molecule has 5 nitrogen and oxygen atoms in total. The molecule has 1 unspecified atom stereocenters. The summed E-state index contributed by atoms with van der Waals surface area (Å²) in [5.41, 5.74) is 0.294. The fourth-order valence-corrected chi connectivity index (χ4v) is 2.98. The second-order valence-corrected chi connectivity index (χ2v) is 6.97. The number of carbonyl (C=O) groups excluding carboxylic acids is 1. The lowest BCUT2D eigenvalue weighted by Gasteiger charge is -2.16. The highest BCUT2D eigenvalue weighted by Gasteiger charge is 2.22.